The molecule has 1 N–H and O–H groups in total. The summed E-state index contributed by atoms with van der Waals surface area (Å²) in [6.07, 6.45) is 0. The molecule has 0 radical (unpaired) electrons. The summed E-state index contributed by atoms with van der Waals surface area (Å²) in [4.78, 5) is 1.34. The van der Waals surface area contributed by atoms with Crippen LogP contribution in [0.3, 0.4) is 0 Å². The maximum atomic E-state index is 5.59. The van der Waals surface area contributed by atoms with E-state index in [1.165, 1.54) is 16.0 Å². The van der Waals surface area contributed by atoms with Gasteiger partial charge in [0.2, 0.25) is 4.77 Å². The van der Waals surface area contributed by atoms with Crippen molar-refractivity contribution >= 4 is 12.2 Å². The summed E-state index contributed by atoms with van der Waals surface area (Å²) < 4.78 is 4.67. The van der Waals surface area contributed by atoms with Gasteiger partial charge in [0.1, 0.15) is 6.54 Å². The number of aromatic nitrogens is 3. The fourth-order valence-corrected chi connectivity index (χ4v) is 3.10. The lowest BCUT2D eigenvalue weighted by Gasteiger charge is -2.13. The molecule has 0 saturated carbocycles. The van der Waals surface area contributed by atoms with Gasteiger partial charge >= 0.3 is 0 Å². The minimum Gasteiger partial charge on any atom is -0.315 e. The van der Waals surface area contributed by atoms with E-state index in [-0.39, 0.29) is 0 Å². The van der Waals surface area contributed by atoms with Crippen molar-refractivity contribution in [1.82, 2.24) is 14.3 Å². The van der Waals surface area contributed by atoms with Crippen molar-refractivity contribution in [1.29, 1.82) is 0 Å². The molecule has 0 spiro atoms. The smallest absolute Gasteiger partial charge is 0.202 e. The molecule has 0 fully saturated rings. The Kier molecular flexibility index (Phi) is 4.92. The maximum absolute atomic E-state index is 5.59. The average Bonchev–Trinajstić information content (AvgIpc) is 2.84. The van der Waals surface area contributed by atoms with E-state index in [4.69, 9.17) is 17.3 Å². The van der Waals surface area contributed by atoms with Crippen LogP contribution < -0.4 is 4.90 Å². The molecule has 5 heteroatoms. The molecule has 24 heavy (non-hydrogen) atoms. The number of aryl methyl sites for hydroxylation is 1. The molecule has 0 aliphatic carbocycles. The number of hydrogen-bond acceptors (Lipinski definition) is 2. The zero-order valence-electron chi connectivity index (χ0n) is 14.4. The molecule has 3 aromatic rings. The SMILES string of the molecule is Cc1ccccc1-c1nn(C[NH+](C)Cc2ccccc2)c(=S)n1C. The van der Waals surface area contributed by atoms with E-state index < -0.39 is 0 Å². The first kappa shape index (κ1) is 16.6. The van der Waals surface area contributed by atoms with Crippen LogP contribution in [0.15, 0.2) is 54.6 Å². The second kappa shape index (κ2) is 7.11. The van der Waals surface area contributed by atoms with Crippen LogP contribution in [0, 0.1) is 11.7 Å². The summed E-state index contributed by atoms with van der Waals surface area (Å²) in [5, 5.41) is 4.78. The molecule has 0 amide bonds. The van der Waals surface area contributed by atoms with Crippen LogP contribution in [0.5, 0.6) is 0 Å². The van der Waals surface area contributed by atoms with Gasteiger partial charge in [-0.05, 0) is 24.7 Å². The Morgan fingerprint density at radius 1 is 1.04 bits per heavy atom. The van der Waals surface area contributed by atoms with Crippen molar-refractivity contribution in [3.05, 3.63) is 70.5 Å². The van der Waals surface area contributed by atoms with Crippen molar-refractivity contribution < 1.29 is 4.90 Å². The van der Waals surface area contributed by atoms with Gasteiger partial charge < -0.3 is 9.47 Å². The Balaban J connectivity index is 1.84. The lowest BCUT2D eigenvalue weighted by atomic mass is 10.1. The van der Waals surface area contributed by atoms with E-state index in [0.29, 0.717) is 0 Å². The van der Waals surface area contributed by atoms with E-state index in [1.54, 1.807) is 0 Å². The minimum atomic E-state index is 0.744. The summed E-state index contributed by atoms with van der Waals surface area (Å²) in [5.74, 6) is 0.922. The van der Waals surface area contributed by atoms with Gasteiger partial charge in [-0.25, -0.2) is 0 Å². The van der Waals surface area contributed by atoms with Crippen LogP contribution in [0.4, 0.5) is 0 Å². The van der Waals surface area contributed by atoms with Crippen LogP contribution in [-0.4, -0.2) is 21.4 Å². The van der Waals surface area contributed by atoms with Crippen molar-refractivity contribution in [3.63, 3.8) is 0 Å². The molecule has 0 aliphatic heterocycles. The number of rotatable bonds is 5. The molecule has 124 valence electrons. The fraction of sp³-hybridized carbons (Fsp3) is 0.263. The standard InChI is InChI=1S/C19H22N4S/c1-15-9-7-8-12-17(15)18-20-23(19(24)22(18)3)14-21(2)13-16-10-5-4-6-11-16/h4-12H,13-14H2,1-3H3/p+1. The van der Waals surface area contributed by atoms with Crippen molar-refractivity contribution in [2.45, 2.75) is 20.1 Å². The second-order valence-electron chi connectivity index (χ2n) is 6.26. The lowest BCUT2D eigenvalue weighted by Crippen LogP contribution is -3.07. The van der Waals surface area contributed by atoms with Crippen molar-refractivity contribution in [2.24, 2.45) is 7.05 Å². The normalized spacial score (nSPS) is 12.3. The predicted molar refractivity (Wildman–Crippen MR) is 99.2 cm³/mol. The third kappa shape index (κ3) is 3.47. The van der Waals surface area contributed by atoms with Crippen LogP contribution in [0.25, 0.3) is 11.4 Å². The first-order chi connectivity index (χ1) is 11.6. The van der Waals surface area contributed by atoms with Crippen molar-refractivity contribution in [3.8, 4) is 11.4 Å². The zero-order valence-corrected chi connectivity index (χ0v) is 15.2. The highest BCUT2D eigenvalue weighted by molar-refractivity contribution is 7.71. The lowest BCUT2D eigenvalue weighted by molar-refractivity contribution is -0.917. The van der Waals surface area contributed by atoms with E-state index in [1.807, 2.05) is 34.5 Å². The van der Waals surface area contributed by atoms with Crippen LogP contribution in [0.1, 0.15) is 11.1 Å². The van der Waals surface area contributed by atoms with Gasteiger partial charge in [-0.2, -0.15) is 4.68 Å². The van der Waals surface area contributed by atoms with E-state index in [2.05, 4.69) is 50.4 Å². The molecular weight excluding hydrogens is 316 g/mol. The molecule has 0 aliphatic rings. The van der Waals surface area contributed by atoms with Gasteiger partial charge in [-0.1, -0.05) is 54.6 Å². The first-order valence-electron chi connectivity index (χ1n) is 8.11. The molecule has 2 aromatic carbocycles. The van der Waals surface area contributed by atoms with Gasteiger partial charge in [-0.3, -0.25) is 0 Å². The molecule has 0 bridgehead atoms. The summed E-state index contributed by atoms with van der Waals surface area (Å²) in [7, 11) is 4.15. The second-order valence-corrected chi connectivity index (χ2v) is 6.62. The molecule has 1 heterocycles. The van der Waals surface area contributed by atoms with Crippen LogP contribution in [-0.2, 0) is 20.3 Å². The van der Waals surface area contributed by atoms with E-state index in [0.717, 1.165) is 29.4 Å². The molecule has 4 nitrogen and oxygen atoms in total. The molecule has 1 atom stereocenters. The Bertz CT molecular complexity index is 880. The van der Waals surface area contributed by atoms with Gasteiger partial charge in [-0.15, -0.1) is 5.10 Å². The van der Waals surface area contributed by atoms with E-state index in [9.17, 15) is 0 Å². The van der Waals surface area contributed by atoms with Crippen LogP contribution >= 0.6 is 12.2 Å². The highest BCUT2D eigenvalue weighted by atomic mass is 32.1. The van der Waals surface area contributed by atoms with Crippen molar-refractivity contribution in [2.75, 3.05) is 7.05 Å². The average molecular weight is 339 g/mol. The topological polar surface area (TPSA) is 27.2 Å². The minimum absolute atomic E-state index is 0.744. The Hall–Kier alpha value is -2.24. The molecule has 1 aromatic heterocycles. The van der Waals surface area contributed by atoms with Gasteiger partial charge in [0, 0.05) is 18.2 Å². The zero-order chi connectivity index (χ0) is 17.1. The number of hydrogen-bond donors (Lipinski definition) is 1. The maximum Gasteiger partial charge on any atom is 0.202 e. The summed E-state index contributed by atoms with van der Waals surface area (Å²) in [5.41, 5.74) is 3.65. The Labute approximate surface area is 148 Å². The quantitative estimate of drug-likeness (QED) is 0.724. The molecule has 3 rings (SSSR count). The van der Waals surface area contributed by atoms with Gasteiger partial charge in [0.25, 0.3) is 0 Å². The summed E-state index contributed by atoms with van der Waals surface area (Å²) in [6, 6.07) is 18.8. The van der Waals surface area contributed by atoms with E-state index >= 15 is 0 Å². The summed E-state index contributed by atoms with van der Waals surface area (Å²) >= 11 is 5.59. The number of nitrogens with one attached hydrogen (secondary N) is 1. The molecule has 0 saturated heterocycles. The van der Waals surface area contributed by atoms with Gasteiger partial charge in [0.15, 0.2) is 12.5 Å². The monoisotopic (exact) mass is 339 g/mol. The fourth-order valence-electron chi connectivity index (χ4n) is 2.91. The number of benzene rings is 2. The molecular formula is C19H23N4S+. The highest BCUT2D eigenvalue weighted by Crippen LogP contribution is 2.20. The predicted octanol–water partition coefficient (Wildman–Crippen LogP) is 2.60. The van der Waals surface area contributed by atoms with Gasteiger partial charge in [0.05, 0.1) is 7.05 Å². The van der Waals surface area contributed by atoms with Crippen LogP contribution in [0.2, 0.25) is 0 Å². The molecule has 1 unspecified atom stereocenters. The Morgan fingerprint density at radius 3 is 2.42 bits per heavy atom. The highest BCUT2D eigenvalue weighted by Gasteiger charge is 2.14. The first-order valence-corrected chi connectivity index (χ1v) is 8.52. The Morgan fingerprint density at radius 2 is 1.71 bits per heavy atom. The third-order valence-corrected chi connectivity index (χ3v) is 4.68. The number of nitrogens with zero attached hydrogens (tertiary/aromatic N) is 3. The largest absolute Gasteiger partial charge is 0.315 e. The third-order valence-electron chi connectivity index (χ3n) is 4.20. The summed E-state index contributed by atoms with van der Waals surface area (Å²) in [6.45, 7) is 3.79. The number of quaternary nitrogens is 1.